The number of benzene rings is 2. The van der Waals surface area contributed by atoms with Gasteiger partial charge in [-0.25, -0.2) is 0 Å². The predicted octanol–water partition coefficient (Wildman–Crippen LogP) is 6.58. The largest absolute Gasteiger partial charge is 0.354 e. The van der Waals surface area contributed by atoms with E-state index in [-0.39, 0.29) is 7.43 Å². The van der Waals surface area contributed by atoms with Crippen molar-refractivity contribution in [3.63, 3.8) is 0 Å². The molecule has 2 heteroatoms. The van der Waals surface area contributed by atoms with Crippen LogP contribution in [-0.4, -0.2) is 0 Å². The molecular formula is C17H25NS. The fourth-order valence-corrected chi connectivity index (χ4v) is 2.57. The van der Waals surface area contributed by atoms with E-state index >= 15 is 0 Å². The Balaban J connectivity index is 0.000000597. The summed E-state index contributed by atoms with van der Waals surface area (Å²) in [5.74, 6) is 0. The number of fused-ring (bicyclic) bond motifs is 2. The fourth-order valence-electron chi connectivity index (χ4n) is 1.58. The van der Waals surface area contributed by atoms with Crippen LogP contribution in [0.2, 0.25) is 0 Å². The van der Waals surface area contributed by atoms with Crippen LogP contribution in [0.5, 0.6) is 0 Å². The molecule has 0 fully saturated rings. The van der Waals surface area contributed by atoms with Gasteiger partial charge in [0.05, 0.1) is 11.4 Å². The lowest BCUT2D eigenvalue weighted by Crippen LogP contribution is -1.98. The molecule has 3 rings (SSSR count). The molecule has 0 radical (unpaired) electrons. The highest BCUT2D eigenvalue weighted by atomic mass is 32.2. The van der Waals surface area contributed by atoms with Gasteiger partial charge in [0.1, 0.15) is 0 Å². The number of para-hydroxylation sites is 2. The normalized spacial score (nSPS) is 9.89. The molecule has 1 heterocycles. The SMILES string of the molecule is C.CC.CC.c1ccc2c(c1)Nc1ccccc1S2. The molecular weight excluding hydrogens is 250 g/mol. The van der Waals surface area contributed by atoms with Gasteiger partial charge >= 0.3 is 0 Å². The summed E-state index contributed by atoms with van der Waals surface area (Å²) >= 11 is 1.82. The van der Waals surface area contributed by atoms with Crippen LogP contribution >= 0.6 is 11.8 Å². The van der Waals surface area contributed by atoms with Crippen molar-refractivity contribution in [2.45, 2.75) is 44.9 Å². The number of rotatable bonds is 0. The van der Waals surface area contributed by atoms with Crippen LogP contribution in [0.15, 0.2) is 58.3 Å². The van der Waals surface area contributed by atoms with Gasteiger partial charge in [-0.3, -0.25) is 0 Å². The van der Waals surface area contributed by atoms with Crippen LogP contribution in [0, 0.1) is 0 Å². The van der Waals surface area contributed by atoms with Gasteiger partial charge < -0.3 is 5.32 Å². The van der Waals surface area contributed by atoms with Gasteiger partial charge in [-0.15, -0.1) is 0 Å². The van der Waals surface area contributed by atoms with E-state index in [9.17, 15) is 0 Å². The summed E-state index contributed by atoms with van der Waals surface area (Å²) in [6.45, 7) is 8.00. The number of hydrogen-bond donors (Lipinski definition) is 1. The van der Waals surface area contributed by atoms with E-state index in [1.165, 1.54) is 21.2 Å². The summed E-state index contributed by atoms with van der Waals surface area (Å²) in [7, 11) is 0. The number of anilines is 2. The van der Waals surface area contributed by atoms with Gasteiger partial charge in [-0.1, -0.05) is 71.1 Å². The topological polar surface area (TPSA) is 12.0 Å². The highest BCUT2D eigenvalue weighted by Crippen LogP contribution is 2.43. The van der Waals surface area contributed by atoms with Crippen LogP contribution in [0.3, 0.4) is 0 Å². The molecule has 1 nitrogen and oxygen atoms in total. The maximum Gasteiger partial charge on any atom is 0.0526 e. The summed E-state index contributed by atoms with van der Waals surface area (Å²) in [6, 6.07) is 16.8. The molecule has 104 valence electrons. The van der Waals surface area contributed by atoms with E-state index in [0.29, 0.717) is 0 Å². The van der Waals surface area contributed by atoms with E-state index < -0.39 is 0 Å². The Labute approximate surface area is 122 Å². The van der Waals surface area contributed by atoms with E-state index in [0.717, 1.165) is 0 Å². The Hall–Kier alpha value is -1.41. The fraction of sp³-hybridized carbons (Fsp3) is 0.294. The van der Waals surface area contributed by atoms with Crippen LogP contribution in [0.1, 0.15) is 35.1 Å². The minimum absolute atomic E-state index is 0. The molecule has 0 unspecified atom stereocenters. The third kappa shape index (κ3) is 4.32. The van der Waals surface area contributed by atoms with E-state index in [2.05, 4.69) is 53.8 Å². The molecule has 0 amide bonds. The smallest absolute Gasteiger partial charge is 0.0526 e. The second-order valence-corrected chi connectivity index (χ2v) is 4.30. The zero-order valence-corrected chi connectivity index (χ0v) is 12.3. The van der Waals surface area contributed by atoms with Crippen LogP contribution in [0.4, 0.5) is 11.4 Å². The van der Waals surface area contributed by atoms with Gasteiger partial charge in [-0.05, 0) is 24.3 Å². The summed E-state index contributed by atoms with van der Waals surface area (Å²) in [6.07, 6.45) is 0. The van der Waals surface area contributed by atoms with Gasteiger partial charge in [0.2, 0.25) is 0 Å². The molecule has 0 aliphatic carbocycles. The first-order valence-corrected chi connectivity index (χ1v) is 7.38. The third-order valence-corrected chi connectivity index (χ3v) is 3.42. The summed E-state index contributed by atoms with van der Waals surface area (Å²) in [5, 5.41) is 3.42. The lowest BCUT2D eigenvalue weighted by atomic mass is 10.2. The lowest BCUT2D eigenvalue weighted by molar-refractivity contribution is 1.32. The first kappa shape index (κ1) is 17.6. The third-order valence-electron chi connectivity index (χ3n) is 2.26. The summed E-state index contributed by atoms with van der Waals surface area (Å²) < 4.78 is 0. The van der Waals surface area contributed by atoms with Gasteiger partial charge in [-0.2, -0.15) is 0 Å². The van der Waals surface area contributed by atoms with Gasteiger partial charge in [0.25, 0.3) is 0 Å². The predicted molar refractivity (Wildman–Crippen MR) is 89.7 cm³/mol. The first-order valence-electron chi connectivity index (χ1n) is 6.56. The Morgan fingerprint density at radius 2 is 1.05 bits per heavy atom. The minimum Gasteiger partial charge on any atom is -0.354 e. The summed E-state index contributed by atoms with van der Waals surface area (Å²) in [5.41, 5.74) is 2.41. The number of hydrogen-bond acceptors (Lipinski definition) is 2. The average molecular weight is 275 g/mol. The standard InChI is InChI=1S/C12H9NS.2C2H6.CH4/c1-3-7-11-9(5-1)13-10-6-2-4-8-12(10)14-11;2*1-2;/h1-8,13H;2*1-2H3;1H4. The zero-order chi connectivity index (χ0) is 13.4. The average Bonchev–Trinajstić information content (AvgIpc) is 2.49. The van der Waals surface area contributed by atoms with E-state index in [1.807, 2.05) is 39.5 Å². The molecule has 0 saturated heterocycles. The van der Waals surface area contributed by atoms with Gasteiger partial charge in [0.15, 0.2) is 0 Å². The maximum absolute atomic E-state index is 3.42. The quantitative estimate of drug-likeness (QED) is 0.497. The van der Waals surface area contributed by atoms with Crippen molar-refractivity contribution in [3.05, 3.63) is 48.5 Å². The van der Waals surface area contributed by atoms with Crippen molar-refractivity contribution in [1.29, 1.82) is 0 Å². The van der Waals surface area contributed by atoms with Crippen LogP contribution in [-0.2, 0) is 0 Å². The molecule has 19 heavy (non-hydrogen) atoms. The Bertz CT molecular complexity index is 393. The van der Waals surface area contributed by atoms with E-state index in [4.69, 9.17) is 0 Å². The van der Waals surface area contributed by atoms with Gasteiger partial charge in [0, 0.05) is 9.79 Å². The molecule has 0 spiro atoms. The first-order chi connectivity index (χ1) is 8.93. The highest BCUT2D eigenvalue weighted by molar-refractivity contribution is 7.99. The lowest BCUT2D eigenvalue weighted by Gasteiger charge is -2.19. The Morgan fingerprint density at radius 3 is 1.47 bits per heavy atom. The van der Waals surface area contributed by atoms with Crippen molar-refractivity contribution < 1.29 is 0 Å². The minimum atomic E-state index is 0. The summed E-state index contributed by atoms with van der Waals surface area (Å²) in [4.78, 5) is 2.59. The second-order valence-electron chi connectivity index (χ2n) is 3.22. The molecule has 0 bridgehead atoms. The molecule has 0 atom stereocenters. The Kier molecular flexibility index (Phi) is 8.81. The molecule has 1 N–H and O–H groups in total. The number of nitrogens with one attached hydrogen (secondary N) is 1. The second kappa shape index (κ2) is 9.51. The molecule has 1 aliphatic rings. The molecule has 1 aliphatic heterocycles. The van der Waals surface area contributed by atoms with Crippen LogP contribution < -0.4 is 5.32 Å². The van der Waals surface area contributed by atoms with Crippen molar-refractivity contribution in [2.75, 3.05) is 5.32 Å². The van der Waals surface area contributed by atoms with Crippen LogP contribution in [0.25, 0.3) is 0 Å². The Morgan fingerprint density at radius 1 is 0.684 bits per heavy atom. The zero-order valence-electron chi connectivity index (χ0n) is 11.5. The van der Waals surface area contributed by atoms with Crippen molar-refractivity contribution >= 4 is 23.1 Å². The maximum atomic E-state index is 3.42. The highest BCUT2D eigenvalue weighted by Gasteiger charge is 2.13. The molecule has 2 aromatic carbocycles. The van der Waals surface area contributed by atoms with Crippen molar-refractivity contribution in [2.24, 2.45) is 0 Å². The molecule has 0 saturated carbocycles. The molecule has 0 aromatic heterocycles. The van der Waals surface area contributed by atoms with Crippen molar-refractivity contribution in [1.82, 2.24) is 0 Å². The molecule has 2 aromatic rings. The van der Waals surface area contributed by atoms with E-state index in [1.54, 1.807) is 0 Å². The van der Waals surface area contributed by atoms with Crippen molar-refractivity contribution in [3.8, 4) is 0 Å². The monoisotopic (exact) mass is 275 g/mol.